The minimum absolute atomic E-state index is 0.0382. The number of pyridine rings is 1. The number of carbonyl (C=O) groups excluding carboxylic acids is 1. The molecule has 0 amide bonds. The first-order valence-electron chi connectivity index (χ1n) is 3.53. The molecule has 0 fully saturated rings. The number of halogens is 1. The molecule has 1 aromatic heterocycles. The number of rotatable bonds is 0. The molecule has 1 aromatic rings. The number of fused-ring (bicyclic) bond motifs is 1. The van der Waals surface area contributed by atoms with Gasteiger partial charge < -0.3 is 4.74 Å². The monoisotopic (exact) mass is 227 g/mol. The van der Waals surface area contributed by atoms with Crippen LogP contribution in [-0.4, -0.2) is 17.4 Å². The molecule has 0 saturated carbocycles. The van der Waals surface area contributed by atoms with E-state index in [4.69, 9.17) is 4.74 Å². The fourth-order valence-electron chi connectivity index (χ4n) is 1.16. The minimum atomic E-state index is -0.0382. The Kier molecular flexibility index (Phi) is 1.94. The van der Waals surface area contributed by atoms with Crippen molar-refractivity contribution in [2.75, 3.05) is 6.61 Å². The second kappa shape index (κ2) is 2.95. The Labute approximate surface area is 77.9 Å². The first-order valence-corrected chi connectivity index (χ1v) is 4.32. The van der Waals surface area contributed by atoms with Gasteiger partial charge in [0.2, 0.25) is 5.78 Å². The molecule has 1 aliphatic rings. The number of hydrogen-bond donors (Lipinski definition) is 0. The number of aromatic nitrogens is 1. The second-order valence-electron chi connectivity index (χ2n) is 2.58. The van der Waals surface area contributed by atoms with Crippen molar-refractivity contribution >= 4 is 21.7 Å². The highest BCUT2D eigenvalue weighted by atomic mass is 79.9. The normalized spacial score (nSPS) is 15.9. The van der Waals surface area contributed by atoms with Gasteiger partial charge in [0.25, 0.3) is 0 Å². The summed E-state index contributed by atoms with van der Waals surface area (Å²) in [5.74, 6) is -0.0382. The van der Waals surface area contributed by atoms with E-state index in [1.165, 1.54) is 0 Å². The summed E-state index contributed by atoms with van der Waals surface area (Å²) in [6.45, 7) is 0.634. The van der Waals surface area contributed by atoms with Gasteiger partial charge in [0, 0.05) is 16.2 Å². The Morgan fingerprint density at radius 3 is 3.17 bits per heavy atom. The van der Waals surface area contributed by atoms with Crippen LogP contribution in [0.1, 0.15) is 16.1 Å². The zero-order valence-corrected chi connectivity index (χ0v) is 7.80. The molecule has 0 spiro atoms. The van der Waals surface area contributed by atoms with E-state index < -0.39 is 0 Å². The lowest BCUT2D eigenvalue weighted by atomic mass is 10.1. The maximum atomic E-state index is 11.2. The van der Waals surface area contributed by atoms with Gasteiger partial charge in [-0.1, -0.05) is 0 Å². The van der Waals surface area contributed by atoms with E-state index in [1.807, 2.05) is 6.07 Å². The molecule has 4 heteroatoms. The fourth-order valence-corrected chi connectivity index (χ4v) is 1.54. The zero-order chi connectivity index (χ0) is 8.55. The second-order valence-corrected chi connectivity index (χ2v) is 3.49. The van der Waals surface area contributed by atoms with Gasteiger partial charge in [-0.25, -0.2) is 0 Å². The van der Waals surface area contributed by atoms with Crippen LogP contribution < -0.4 is 0 Å². The van der Waals surface area contributed by atoms with Crippen LogP contribution in [0.15, 0.2) is 16.7 Å². The maximum Gasteiger partial charge on any atom is 0.207 e. The molecule has 0 N–H and O–H groups in total. The largest absolute Gasteiger partial charge is 0.368 e. The van der Waals surface area contributed by atoms with Crippen LogP contribution >= 0.6 is 15.9 Å². The molecule has 2 heterocycles. The molecule has 0 atom stereocenters. The SMILES string of the molecule is O=C1COCc2cc(Br)cnc21. The molecule has 0 bridgehead atoms. The fraction of sp³-hybridized carbons (Fsp3) is 0.250. The van der Waals surface area contributed by atoms with Crippen LogP contribution in [0.2, 0.25) is 0 Å². The van der Waals surface area contributed by atoms with Gasteiger partial charge in [-0.2, -0.15) is 0 Å². The Morgan fingerprint density at radius 1 is 1.50 bits per heavy atom. The summed E-state index contributed by atoms with van der Waals surface area (Å²) in [6, 6.07) is 1.86. The van der Waals surface area contributed by atoms with Crippen molar-refractivity contribution in [2.24, 2.45) is 0 Å². The van der Waals surface area contributed by atoms with E-state index in [0.29, 0.717) is 12.3 Å². The molecular formula is C8H6BrNO2. The van der Waals surface area contributed by atoms with Crippen molar-refractivity contribution in [3.05, 3.63) is 28.0 Å². The van der Waals surface area contributed by atoms with Gasteiger partial charge in [-0.3, -0.25) is 9.78 Å². The molecule has 12 heavy (non-hydrogen) atoms. The highest BCUT2D eigenvalue weighted by Gasteiger charge is 2.18. The number of ether oxygens (including phenoxy) is 1. The van der Waals surface area contributed by atoms with E-state index >= 15 is 0 Å². The van der Waals surface area contributed by atoms with Crippen molar-refractivity contribution in [3.8, 4) is 0 Å². The van der Waals surface area contributed by atoms with E-state index in [0.717, 1.165) is 10.0 Å². The lowest BCUT2D eigenvalue weighted by molar-refractivity contribution is 0.0657. The number of Topliss-reactive ketones (excluding diaryl/α,β-unsaturated/α-hetero) is 1. The van der Waals surface area contributed by atoms with Crippen molar-refractivity contribution in [1.82, 2.24) is 4.98 Å². The van der Waals surface area contributed by atoms with Crippen LogP contribution in [0.4, 0.5) is 0 Å². The number of carbonyl (C=O) groups is 1. The Morgan fingerprint density at radius 2 is 2.33 bits per heavy atom. The molecule has 0 saturated heterocycles. The average molecular weight is 228 g/mol. The van der Waals surface area contributed by atoms with E-state index in [-0.39, 0.29) is 12.4 Å². The molecule has 0 unspecified atom stereocenters. The summed E-state index contributed by atoms with van der Waals surface area (Å²) >= 11 is 3.28. The molecule has 3 nitrogen and oxygen atoms in total. The van der Waals surface area contributed by atoms with Crippen molar-refractivity contribution in [1.29, 1.82) is 0 Å². The molecule has 0 aromatic carbocycles. The third-order valence-corrected chi connectivity index (χ3v) is 2.12. The topological polar surface area (TPSA) is 39.2 Å². The lowest BCUT2D eigenvalue weighted by Gasteiger charge is -2.13. The number of hydrogen-bond acceptors (Lipinski definition) is 3. The first-order chi connectivity index (χ1) is 5.77. The van der Waals surface area contributed by atoms with Crippen molar-refractivity contribution < 1.29 is 9.53 Å². The highest BCUT2D eigenvalue weighted by Crippen LogP contribution is 2.18. The summed E-state index contributed by atoms with van der Waals surface area (Å²) in [5.41, 5.74) is 1.41. The minimum Gasteiger partial charge on any atom is -0.368 e. The summed E-state index contributed by atoms with van der Waals surface area (Å²) in [5, 5.41) is 0. The predicted molar refractivity (Wildman–Crippen MR) is 45.9 cm³/mol. The van der Waals surface area contributed by atoms with Crippen LogP contribution in [0, 0.1) is 0 Å². The van der Waals surface area contributed by atoms with Crippen molar-refractivity contribution in [2.45, 2.75) is 6.61 Å². The van der Waals surface area contributed by atoms with Crippen molar-refractivity contribution in [3.63, 3.8) is 0 Å². The molecular weight excluding hydrogens is 222 g/mol. The maximum absolute atomic E-state index is 11.2. The standard InChI is InChI=1S/C8H6BrNO2/c9-6-1-5-3-12-4-7(11)8(5)10-2-6/h1-2H,3-4H2. The lowest BCUT2D eigenvalue weighted by Crippen LogP contribution is -2.19. The Bertz CT molecular complexity index is 338. The molecule has 0 aliphatic carbocycles. The van der Waals surface area contributed by atoms with Crippen LogP contribution in [-0.2, 0) is 11.3 Å². The third-order valence-electron chi connectivity index (χ3n) is 1.69. The summed E-state index contributed by atoms with van der Waals surface area (Å²) in [6.07, 6.45) is 1.63. The first kappa shape index (κ1) is 7.89. The molecule has 0 radical (unpaired) electrons. The molecule has 1 aliphatic heterocycles. The number of nitrogens with zero attached hydrogens (tertiary/aromatic N) is 1. The van der Waals surface area contributed by atoms with Gasteiger partial charge in [0.15, 0.2) is 0 Å². The summed E-state index contributed by atoms with van der Waals surface area (Å²) in [7, 11) is 0. The van der Waals surface area contributed by atoms with Crippen LogP contribution in [0.5, 0.6) is 0 Å². The van der Waals surface area contributed by atoms with Crippen LogP contribution in [0.3, 0.4) is 0 Å². The van der Waals surface area contributed by atoms with Gasteiger partial charge in [0.1, 0.15) is 12.3 Å². The molecule has 2 rings (SSSR count). The van der Waals surface area contributed by atoms with Gasteiger partial charge in [0.05, 0.1) is 6.61 Å². The third kappa shape index (κ3) is 1.28. The van der Waals surface area contributed by atoms with Gasteiger partial charge in [-0.05, 0) is 22.0 Å². The van der Waals surface area contributed by atoms with Gasteiger partial charge >= 0.3 is 0 Å². The quantitative estimate of drug-likeness (QED) is 0.676. The number of ketones is 1. The van der Waals surface area contributed by atoms with E-state index in [1.54, 1.807) is 6.20 Å². The van der Waals surface area contributed by atoms with E-state index in [9.17, 15) is 4.79 Å². The van der Waals surface area contributed by atoms with E-state index in [2.05, 4.69) is 20.9 Å². The van der Waals surface area contributed by atoms with Gasteiger partial charge in [-0.15, -0.1) is 0 Å². The Hall–Kier alpha value is -0.740. The van der Waals surface area contributed by atoms with Crippen LogP contribution in [0.25, 0.3) is 0 Å². The predicted octanol–water partition coefficient (Wildman–Crippen LogP) is 1.56. The Balaban J connectivity index is 2.53. The smallest absolute Gasteiger partial charge is 0.207 e. The summed E-state index contributed by atoms with van der Waals surface area (Å²) in [4.78, 5) is 15.2. The average Bonchev–Trinajstić information content (AvgIpc) is 2.04. The zero-order valence-electron chi connectivity index (χ0n) is 6.21. The molecule has 62 valence electrons. The highest BCUT2D eigenvalue weighted by molar-refractivity contribution is 9.10. The summed E-state index contributed by atoms with van der Waals surface area (Å²) < 4.78 is 5.93.